The zero-order chi connectivity index (χ0) is 24.7. The van der Waals surface area contributed by atoms with Crippen LogP contribution in [0.4, 0.5) is 10.5 Å². The molecule has 5 amide bonds. The second-order valence-electron chi connectivity index (χ2n) is 10.7. The number of ether oxygens (including phenoxy) is 1. The molecule has 2 saturated heterocycles. The Morgan fingerprint density at radius 2 is 1.88 bits per heavy atom. The first-order valence-electron chi connectivity index (χ1n) is 11.9. The SMILES string of the molecule is COc1ccc(NC(=O)C2CCCN2C(=O)CN2C(=O)NC3(CC(C)CC(C)(C)C3)C2=O)cc1. The molecule has 34 heavy (non-hydrogen) atoms. The molecule has 4 rings (SSSR count). The average molecular weight is 471 g/mol. The minimum Gasteiger partial charge on any atom is -0.497 e. The Bertz CT molecular complexity index is 992. The quantitative estimate of drug-likeness (QED) is 0.644. The first kappa shape index (κ1) is 24.0. The monoisotopic (exact) mass is 470 g/mol. The smallest absolute Gasteiger partial charge is 0.325 e. The van der Waals surface area contributed by atoms with Gasteiger partial charge in [-0.2, -0.15) is 0 Å². The molecule has 0 radical (unpaired) electrons. The Kier molecular flexibility index (Phi) is 6.31. The van der Waals surface area contributed by atoms with Crippen molar-refractivity contribution in [2.75, 3.05) is 25.5 Å². The first-order chi connectivity index (χ1) is 16.0. The van der Waals surface area contributed by atoms with Crippen LogP contribution in [0.5, 0.6) is 5.75 Å². The summed E-state index contributed by atoms with van der Waals surface area (Å²) in [6.07, 6.45) is 3.32. The summed E-state index contributed by atoms with van der Waals surface area (Å²) in [6.45, 7) is 6.36. The maximum absolute atomic E-state index is 13.4. The molecular weight excluding hydrogens is 436 g/mol. The molecule has 2 heterocycles. The summed E-state index contributed by atoms with van der Waals surface area (Å²) >= 11 is 0. The number of hydrogen-bond donors (Lipinski definition) is 2. The fourth-order valence-corrected chi connectivity index (χ4v) is 6.11. The molecule has 1 aromatic rings. The Morgan fingerprint density at radius 1 is 1.18 bits per heavy atom. The van der Waals surface area contributed by atoms with Gasteiger partial charge >= 0.3 is 6.03 Å². The van der Waals surface area contributed by atoms with Gasteiger partial charge in [-0.3, -0.25) is 19.3 Å². The second-order valence-corrected chi connectivity index (χ2v) is 10.7. The molecule has 3 aliphatic rings. The van der Waals surface area contributed by atoms with Crippen LogP contribution in [0.25, 0.3) is 0 Å². The zero-order valence-corrected chi connectivity index (χ0v) is 20.3. The molecule has 0 bridgehead atoms. The van der Waals surface area contributed by atoms with Crippen LogP contribution in [0.15, 0.2) is 24.3 Å². The fourth-order valence-electron chi connectivity index (χ4n) is 6.11. The molecule has 3 fully saturated rings. The van der Waals surface area contributed by atoms with Crippen LogP contribution >= 0.6 is 0 Å². The standard InChI is InChI=1S/C25H34N4O5/c1-16-12-24(2,3)15-25(13-16)22(32)29(23(33)27-25)14-20(30)28-11-5-6-19(28)21(31)26-17-7-9-18(34-4)10-8-17/h7-10,16,19H,5-6,11-15H2,1-4H3,(H,26,31)(H,27,33). The van der Waals surface area contributed by atoms with Gasteiger partial charge in [0.05, 0.1) is 7.11 Å². The van der Waals surface area contributed by atoms with E-state index in [1.54, 1.807) is 31.4 Å². The molecule has 3 unspecified atom stereocenters. The predicted octanol–water partition coefficient (Wildman–Crippen LogP) is 2.76. The summed E-state index contributed by atoms with van der Waals surface area (Å²) in [7, 11) is 1.57. The van der Waals surface area contributed by atoms with Crippen LogP contribution in [0.3, 0.4) is 0 Å². The Labute approximate surface area is 200 Å². The van der Waals surface area contributed by atoms with Gasteiger partial charge in [-0.05, 0) is 67.7 Å². The van der Waals surface area contributed by atoms with Crippen molar-refractivity contribution in [3.05, 3.63) is 24.3 Å². The van der Waals surface area contributed by atoms with E-state index in [2.05, 4.69) is 31.4 Å². The molecule has 1 spiro atoms. The number of carbonyl (C=O) groups excluding carboxylic acids is 4. The molecule has 9 heteroatoms. The molecule has 2 N–H and O–H groups in total. The van der Waals surface area contributed by atoms with Crippen molar-refractivity contribution in [2.24, 2.45) is 11.3 Å². The number of nitrogens with one attached hydrogen (secondary N) is 2. The number of anilines is 1. The number of amides is 5. The third-order valence-corrected chi connectivity index (χ3v) is 7.15. The van der Waals surface area contributed by atoms with Crippen molar-refractivity contribution in [1.29, 1.82) is 0 Å². The lowest BCUT2D eigenvalue weighted by atomic mass is 9.64. The molecule has 184 valence electrons. The highest BCUT2D eigenvalue weighted by Crippen LogP contribution is 2.46. The van der Waals surface area contributed by atoms with E-state index >= 15 is 0 Å². The van der Waals surface area contributed by atoms with Gasteiger partial charge in [0.2, 0.25) is 11.8 Å². The van der Waals surface area contributed by atoms with Crippen LogP contribution < -0.4 is 15.4 Å². The largest absolute Gasteiger partial charge is 0.497 e. The van der Waals surface area contributed by atoms with Crippen LogP contribution in [0.2, 0.25) is 0 Å². The maximum atomic E-state index is 13.4. The van der Waals surface area contributed by atoms with Crippen LogP contribution in [0, 0.1) is 11.3 Å². The van der Waals surface area contributed by atoms with Crippen molar-refractivity contribution in [3.8, 4) is 5.75 Å². The van der Waals surface area contributed by atoms with Gasteiger partial charge < -0.3 is 20.3 Å². The molecule has 2 aliphatic heterocycles. The molecule has 1 aliphatic carbocycles. The van der Waals surface area contributed by atoms with Gasteiger partial charge in [-0.15, -0.1) is 0 Å². The minimum atomic E-state index is -0.950. The molecule has 9 nitrogen and oxygen atoms in total. The zero-order valence-electron chi connectivity index (χ0n) is 20.3. The summed E-state index contributed by atoms with van der Waals surface area (Å²) < 4.78 is 5.13. The third kappa shape index (κ3) is 4.60. The summed E-state index contributed by atoms with van der Waals surface area (Å²) in [5, 5.41) is 5.75. The lowest BCUT2D eigenvalue weighted by Crippen LogP contribution is -2.54. The van der Waals surface area contributed by atoms with Crippen LogP contribution in [-0.2, 0) is 14.4 Å². The van der Waals surface area contributed by atoms with E-state index in [-0.39, 0.29) is 29.7 Å². The van der Waals surface area contributed by atoms with E-state index in [0.717, 1.165) is 11.3 Å². The van der Waals surface area contributed by atoms with Gasteiger partial charge in [-0.25, -0.2) is 4.79 Å². The van der Waals surface area contributed by atoms with Gasteiger partial charge in [0, 0.05) is 12.2 Å². The lowest BCUT2D eigenvalue weighted by Gasteiger charge is -2.43. The third-order valence-electron chi connectivity index (χ3n) is 7.15. The predicted molar refractivity (Wildman–Crippen MR) is 126 cm³/mol. The number of imide groups is 1. The highest BCUT2D eigenvalue weighted by Gasteiger charge is 2.56. The van der Waals surface area contributed by atoms with Crippen LogP contribution in [0.1, 0.15) is 52.9 Å². The molecule has 1 aromatic carbocycles. The van der Waals surface area contributed by atoms with Gasteiger partial charge in [0.15, 0.2) is 0 Å². The second kappa shape index (κ2) is 8.92. The van der Waals surface area contributed by atoms with E-state index < -0.39 is 23.5 Å². The lowest BCUT2D eigenvalue weighted by molar-refractivity contribution is -0.142. The average Bonchev–Trinajstić information content (AvgIpc) is 3.33. The number of nitrogens with zero attached hydrogens (tertiary/aromatic N) is 2. The van der Waals surface area contributed by atoms with Crippen LogP contribution in [-0.4, -0.2) is 65.3 Å². The van der Waals surface area contributed by atoms with Gasteiger partial charge in [0.1, 0.15) is 23.9 Å². The summed E-state index contributed by atoms with van der Waals surface area (Å²) in [5.74, 6) is -0.0430. The number of likely N-dealkylation sites (tertiary alicyclic amines) is 1. The number of urea groups is 1. The number of carbonyl (C=O) groups is 4. The van der Waals surface area contributed by atoms with E-state index in [9.17, 15) is 19.2 Å². The van der Waals surface area contributed by atoms with Crippen molar-refractivity contribution in [2.45, 2.75) is 64.5 Å². The molecule has 0 aromatic heterocycles. The minimum absolute atomic E-state index is 0.0831. The summed E-state index contributed by atoms with van der Waals surface area (Å²) in [5.41, 5.74) is -0.426. The Morgan fingerprint density at radius 3 is 2.53 bits per heavy atom. The highest BCUT2D eigenvalue weighted by atomic mass is 16.5. The molecule has 3 atom stereocenters. The van der Waals surface area contributed by atoms with Gasteiger partial charge in [0.25, 0.3) is 5.91 Å². The highest BCUT2D eigenvalue weighted by molar-refractivity contribution is 6.09. The Hall–Kier alpha value is -3.10. The summed E-state index contributed by atoms with van der Waals surface area (Å²) in [4.78, 5) is 54.7. The van der Waals surface area contributed by atoms with Crippen molar-refractivity contribution < 1.29 is 23.9 Å². The van der Waals surface area contributed by atoms with E-state index in [1.165, 1.54) is 4.90 Å². The number of rotatable bonds is 5. The van der Waals surface area contributed by atoms with Crippen molar-refractivity contribution in [3.63, 3.8) is 0 Å². The van der Waals surface area contributed by atoms with Gasteiger partial charge in [-0.1, -0.05) is 20.8 Å². The topological polar surface area (TPSA) is 108 Å². The fraction of sp³-hybridized carbons (Fsp3) is 0.600. The Balaban J connectivity index is 1.42. The number of methoxy groups -OCH3 is 1. The van der Waals surface area contributed by atoms with E-state index in [4.69, 9.17) is 4.74 Å². The normalized spacial score (nSPS) is 28.2. The number of hydrogen-bond acceptors (Lipinski definition) is 5. The van der Waals surface area contributed by atoms with E-state index in [0.29, 0.717) is 43.7 Å². The first-order valence-corrected chi connectivity index (χ1v) is 11.9. The van der Waals surface area contributed by atoms with Crippen molar-refractivity contribution >= 4 is 29.4 Å². The van der Waals surface area contributed by atoms with Crippen molar-refractivity contribution in [1.82, 2.24) is 15.1 Å². The van der Waals surface area contributed by atoms with E-state index in [1.807, 2.05) is 0 Å². The molecule has 1 saturated carbocycles. The maximum Gasteiger partial charge on any atom is 0.325 e. The number of benzene rings is 1. The summed E-state index contributed by atoms with van der Waals surface area (Å²) in [6, 6.07) is 5.79. The molecular formula is C25H34N4O5.